The fraction of sp³-hybridized carbons (Fsp3) is 0.267. The summed E-state index contributed by atoms with van der Waals surface area (Å²) in [6.07, 6.45) is 1.72. The van der Waals surface area contributed by atoms with Crippen LogP contribution in [0.15, 0.2) is 35.1 Å². The van der Waals surface area contributed by atoms with Crippen LogP contribution in [-0.2, 0) is 0 Å². The molecule has 1 aromatic carbocycles. The SMILES string of the molecule is COc1ccc(C(C)Nc2cnc(Br)c(C)c2)c(F)c1. The van der Waals surface area contributed by atoms with Gasteiger partial charge >= 0.3 is 0 Å². The molecule has 2 rings (SSSR count). The zero-order chi connectivity index (χ0) is 14.7. The van der Waals surface area contributed by atoms with Crippen molar-refractivity contribution in [2.45, 2.75) is 19.9 Å². The van der Waals surface area contributed by atoms with Gasteiger partial charge in [0.1, 0.15) is 16.2 Å². The van der Waals surface area contributed by atoms with Crippen molar-refractivity contribution in [2.75, 3.05) is 12.4 Å². The predicted octanol–water partition coefficient (Wildman–Crippen LogP) is 4.47. The van der Waals surface area contributed by atoms with Crippen molar-refractivity contribution in [3.05, 3.63) is 52.0 Å². The summed E-state index contributed by atoms with van der Waals surface area (Å²) in [6, 6.07) is 6.67. The molecule has 2 aromatic rings. The first-order chi connectivity index (χ1) is 9.51. The molecule has 1 aromatic heterocycles. The quantitative estimate of drug-likeness (QED) is 0.835. The zero-order valence-corrected chi connectivity index (χ0v) is 13.2. The monoisotopic (exact) mass is 338 g/mol. The van der Waals surface area contributed by atoms with Gasteiger partial charge in [0, 0.05) is 11.6 Å². The summed E-state index contributed by atoms with van der Waals surface area (Å²) in [5.74, 6) is 0.228. The molecule has 106 valence electrons. The Kier molecular flexibility index (Phi) is 4.60. The Morgan fingerprint density at radius 2 is 2.10 bits per heavy atom. The van der Waals surface area contributed by atoms with Gasteiger partial charge in [0.05, 0.1) is 25.0 Å². The van der Waals surface area contributed by atoms with Gasteiger partial charge in [-0.25, -0.2) is 9.37 Å². The van der Waals surface area contributed by atoms with Crippen molar-refractivity contribution in [3.8, 4) is 5.75 Å². The number of hydrogen-bond acceptors (Lipinski definition) is 3. The highest BCUT2D eigenvalue weighted by Crippen LogP contribution is 2.25. The van der Waals surface area contributed by atoms with E-state index in [2.05, 4.69) is 26.2 Å². The van der Waals surface area contributed by atoms with Crippen LogP contribution in [0, 0.1) is 12.7 Å². The van der Waals surface area contributed by atoms with Gasteiger partial charge in [0.2, 0.25) is 0 Å². The highest BCUT2D eigenvalue weighted by Gasteiger charge is 2.12. The number of benzene rings is 1. The number of hydrogen-bond donors (Lipinski definition) is 1. The molecule has 0 bridgehead atoms. The summed E-state index contributed by atoms with van der Waals surface area (Å²) in [4.78, 5) is 4.22. The summed E-state index contributed by atoms with van der Waals surface area (Å²) >= 11 is 3.36. The average molecular weight is 339 g/mol. The first-order valence-corrected chi connectivity index (χ1v) is 7.02. The van der Waals surface area contributed by atoms with E-state index < -0.39 is 0 Å². The van der Waals surface area contributed by atoms with E-state index in [-0.39, 0.29) is 11.9 Å². The van der Waals surface area contributed by atoms with Gasteiger partial charge < -0.3 is 10.1 Å². The molecular weight excluding hydrogens is 323 g/mol. The number of nitrogens with one attached hydrogen (secondary N) is 1. The Labute approximate surface area is 126 Å². The summed E-state index contributed by atoms with van der Waals surface area (Å²) in [6.45, 7) is 3.86. The number of pyridine rings is 1. The molecule has 20 heavy (non-hydrogen) atoms. The number of methoxy groups -OCH3 is 1. The Bertz CT molecular complexity index is 619. The zero-order valence-electron chi connectivity index (χ0n) is 11.6. The fourth-order valence-electron chi connectivity index (χ4n) is 1.95. The lowest BCUT2D eigenvalue weighted by atomic mass is 10.1. The van der Waals surface area contributed by atoms with Crippen LogP contribution in [0.3, 0.4) is 0 Å². The minimum absolute atomic E-state index is 0.164. The summed E-state index contributed by atoms with van der Waals surface area (Å²) in [7, 11) is 1.52. The highest BCUT2D eigenvalue weighted by atomic mass is 79.9. The van der Waals surface area contributed by atoms with Gasteiger partial charge in [0.15, 0.2) is 0 Å². The summed E-state index contributed by atoms with van der Waals surface area (Å²) < 4.78 is 19.8. The van der Waals surface area contributed by atoms with Crippen molar-refractivity contribution >= 4 is 21.6 Å². The lowest BCUT2D eigenvalue weighted by Crippen LogP contribution is -2.09. The third-order valence-corrected chi connectivity index (χ3v) is 3.90. The average Bonchev–Trinajstić information content (AvgIpc) is 2.42. The smallest absolute Gasteiger partial charge is 0.132 e. The van der Waals surface area contributed by atoms with Crippen molar-refractivity contribution in [1.29, 1.82) is 0 Å². The van der Waals surface area contributed by atoms with E-state index in [1.165, 1.54) is 13.2 Å². The molecule has 5 heteroatoms. The molecule has 3 nitrogen and oxygen atoms in total. The number of anilines is 1. The molecule has 0 radical (unpaired) electrons. The van der Waals surface area contributed by atoms with Crippen molar-refractivity contribution in [2.24, 2.45) is 0 Å². The Balaban J connectivity index is 2.19. The highest BCUT2D eigenvalue weighted by molar-refractivity contribution is 9.10. The molecule has 1 N–H and O–H groups in total. The maximum atomic E-state index is 14.0. The topological polar surface area (TPSA) is 34.1 Å². The minimum Gasteiger partial charge on any atom is -0.497 e. The molecular formula is C15H16BrFN2O. The van der Waals surface area contributed by atoms with Crippen LogP contribution in [0.5, 0.6) is 5.75 Å². The molecule has 0 saturated heterocycles. The molecule has 0 aliphatic carbocycles. The maximum Gasteiger partial charge on any atom is 0.132 e. The number of ether oxygens (including phenoxy) is 1. The first kappa shape index (κ1) is 14.8. The van der Waals surface area contributed by atoms with E-state index >= 15 is 0 Å². The van der Waals surface area contributed by atoms with Gasteiger partial charge in [-0.05, 0) is 47.5 Å². The van der Waals surface area contributed by atoms with Crippen LogP contribution in [-0.4, -0.2) is 12.1 Å². The van der Waals surface area contributed by atoms with Gasteiger partial charge in [0.25, 0.3) is 0 Å². The lowest BCUT2D eigenvalue weighted by molar-refractivity contribution is 0.410. The predicted molar refractivity (Wildman–Crippen MR) is 81.7 cm³/mol. The number of aromatic nitrogens is 1. The minimum atomic E-state index is -0.286. The summed E-state index contributed by atoms with van der Waals surface area (Å²) in [5, 5.41) is 3.24. The Morgan fingerprint density at radius 3 is 2.70 bits per heavy atom. The number of halogens is 2. The molecule has 1 unspecified atom stereocenters. The van der Waals surface area contributed by atoms with E-state index in [4.69, 9.17) is 4.74 Å². The third kappa shape index (κ3) is 3.28. The molecule has 0 spiro atoms. The first-order valence-electron chi connectivity index (χ1n) is 6.23. The van der Waals surface area contributed by atoms with Crippen molar-refractivity contribution in [1.82, 2.24) is 4.98 Å². The number of aryl methyl sites for hydroxylation is 1. The van der Waals surface area contributed by atoms with Gasteiger partial charge in [-0.3, -0.25) is 0 Å². The summed E-state index contributed by atoms with van der Waals surface area (Å²) in [5.41, 5.74) is 2.47. The molecule has 1 atom stereocenters. The molecule has 0 amide bonds. The standard InChI is InChI=1S/C15H16BrFN2O/c1-9-6-11(8-18-15(9)16)19-10(2)13-5-4-12(20-3)7-14(13)17/h4-8,10,19H,1-3H3. The second kappa shape index (κ2) is 6.22. The normalized spacial score (nSPS) is 12.1. The molecule has 0 aliphatic heterocycles. The van der Waals surface area contributed by atoms with Gasteiger partial charge in [-0.2, -0.15) is 0 Å². The van der Waals surface area contributed by atoms with E-state index in [0.717, 1.165) is 15.9 Å². The van der Waals surface area contributed by atoms with Crippen LogP contribution in [0.2, 0.25) is 0 Å². The van der Waals surface area contributed by atoms with Crippen LogP contribution >= 0.6 is 15.9 Å². The third-order valence-electron chi connectivity index (χ3n) is 3.07. The second-order valence-electron chi connectivity index (χ2n) is 4.59. The molecule has 0 saturated carbocycles. The second-order valence-corrected chi connectivity index (χ2v) is 5.34. The van der Waals surface area contributed by atoms with Gasteiger partial charge in [-0.1, -0.05) is 6.07 Å². The van der Waals surface area contributed by atoms with E-state index in [1.54, 1.807) is 18.3 Å². The van der Waals surface area contributed by atoms with Crippen LogP contribution in [0.1, 0.15) is 24.1 Å². The molecule has 0 fully saturated rings. The lowest BCUT2D eigenvalue weighted by Gasteiger charge is -2.17. The van der Waals surface area contributed by atoms with Crippen LogP contribution < -0.4 is 10.1 Å². The molecule has 1 heterocycles. The van der Waals surface area contributed by atoms with Crippen LogP contribution in [0.4, 0.5) is 10.1 Å². The van der Waals surface area contributed by atoms with E-state index in [9.17, 15) is 4.39 Å². The van der Waals surface area contributed by atoms with Crippen molar-refractivity contribution in [3.63, 3.8) is 0 Å². The fourth-order valence-corrected chi connectivity index (χ4v) is 2.17. The van der Waals surface area contributed by atoms with E-state index in [0.29, 0.717) is 11.3 Å². The largest absolute Gasteiger partial charge is 0.497 e. The number of nitrogens with zero attached hydrogens (tertiary/aromatic N) is 1. The van der Waals surface area contributed by atoms with Crippen LogP contribution in [0.25, 0.3) is 0 Å². The Hall–Kier alpha value is -1.62. The van der Waals surface area contributed by atoms with Gasteiger partial charge in [-0.15, -0.1) is 0 Å². The Morgan fingerprint density at radius 1 is 1.35 bits per heavy atom. The number of rotatable bonds is 4. The maximum absolute atomic E-state index is 14.0. The van der Waals surface area contributed by atoms with Crippen molar-refractivity contribution < 1.29 is 9.13 Å². The van der Waals surface area contributed by atoms with E-state index in [1.807, 2.05) is 19.9 Å². The molecule has 0 aliphatic rings.